The van der Waals surface area contributed by atoms with E-state index < -0.39 is 0 Å². The van der Waals surface area contributed by atoms with Gasteiger partial charge in [0.15, 0.2) is 5.69 Å². The van der Waals surface area contributed by atoms with Gasteiger partial charge in [-0.1, -0.05) is 11.6 Å². The molecule has 2 fully saturated rings. The number of piperazine rings is 1. The lowest BCUT2D eigenvalue weighted by molar-refractivity contribution is 0.0475. The standard InChI is InChI=1S/C22H37ClN6O/c1-14(2)27-9-16(22-8-7-17(24-22)11-28(13-22)15(3)4)10-29-18(12-27)19(23)20(25-29)21(30)26(5)6/h14-17,24H,7-13H2,1-6H3/t16?,17-,22+/m0/s1. The summed E-state index contributed by atoms with van der Waals surface area (Å²) in [6.45, 7) is 13.8. The van der Waals surface area contributed by atoms with Crippen molar-refractivity contribution in [3.05, 3.63) is 16.4 Å². The summed E-state index contributed by atoms with van der Waals surface area (Å²) < 4.78 is 2.03. The van der Waals surface area contributed by atoms with Gasteiger partial charge in [0.25, 0.3) is 5.91 Å². The highest BCUT2D eigenvalue weighted by Crippen LogP contribution is 2.40. The second-order valence-corrected chi connectivity index (χ2v) is 10.6. The van der Waals surface area contributed by atoms with E-state index in [1.165, 1.54) is 12.8 Å². The predicted molar refractivity (Wildman–Crippen MR) is 120 cm³/mol. The van der Waals surface area contributed by atoms with Crippen LogP contribution in [0.25, 0.3) is 0 Å². The molecule has 1 N–H and O–H groups in total. The molecule has 2 saturated heterocycles. The van der Waals surface area contributed by atoms with E-state index in [9.17, 15) is 4.79 Å². The molecular weight excluding hydrogens is 400 g/mol. The van der Waals surface area contributed by atoms with Gasteiger partial charge in [-0.2, -0.15) is 5.10 Å². The van der Waals surface area contributed by atoms with Crippen molar-refractivity contribution in [1.82, 2.24) is 29.8 Å². The molecule has 4 rings (SSSR count). The fourth-order valence-corrected chi connectivity index (χ4v) is 5.75. The number of amides is 1. The quantitative estimate of drug-likeness (QED) is 0.784. The van der Waals surface area contributed by atoms with Gasteiger partial charge in [0.1, 0.15) is 0 Å². The number of carbonyl (C=O) groups excluding carboxylic acids is 1. The van der Waals surface area contributed by atoms with Crippen LogP contribution in [-0.4, -0.2) is 87.8 Å². The molecule has 0 spiro atoms. The molecule has 3 atom stereocenters. The monoisotopic (exact) mass is 436 g/mol. The third-order valence-corrected chi connectivity index (χ3v) is 7.81. The normalized spacial score (nSPS) is 30.0. The number of hydrogen-bond acceptors (Lipinski definition) is 5. The summed E-state index contributed by atoms with van der Waals surface area (Å²) in [7, 11) is 3.49. The Labute approximate surface area is 185 Å². The van der Waals surface area contributed by atoms with Crippen molar-refractivity contribution in [2.75, 3.05) is 33.7 Å². The van der Waals surface area contributed by atoms with E-state index in [4.69, 9.17) is 16.7 Å². The van der Waals surface area contributed by atoms with Gasteiger partial charge in [0.2, 0.25) is 0 Å². The van der Waals surface area contributed by atoms with Gasteiger partial charge in [0.05, 0.1) is 10.7 Å². The van der Waals surface area contributed by atoms with Crippen molar-refractivity contribution < 1.29 is 4.79 Å². The van der Waals surface area contributed by atoms with Crippen LogP contribution in [0.5, 0.6) is 0 Å². The van der Waals surface area contributed by atoms with Crippen molar-refractivity contribution in [3.63, 3.8) is 0 Å². The van der Waals surface area contributed by atoms with Gasteiger partial charge < -0.3 is 10.2 Å². The van der Waals surface area contributed by atoms with E-state index in [1.807, 2.05) is 4.68 Å². The minimum Gasteiger partial charge on any atom is -0.343 e. The van der Waals surface area contributed by atoms with E-state index in [0.29, 0.717) is 34.8 Å². The highest BCUT2D eigenvalue weighted by atomic mass is 35.5. The number of rotatable bonds is 4. The molecule has 30 heavy (non-hydrogen) atoms. The summed E-state index contributed by atoms with van der Waals surface area (Å²) in [5.41, 5.74) is 1.44. The van der Waals surface area contributed by atoms with Crippen molar-refractivity contribution in [3.8, 4) is 0 Å². The van der Waals surface area contributed by atoms with Crippen LogP contribution < -0.4 is 5.32 Å². The molecule has 7 nitrogen and oxygen atoms in total. The van der Waals surface area contributed by atoms with Crippen LogP contribution in [0.3, 0.4) is 0 Å². The maximum Gasteiger partial charge on any atom is 0.275 e. The highest BCUT2D eigenvalue weighted by Gasteiger charge is 2.51. The van der Waals surface area contributed by atoms with Gasteiger partial charge in [-0.25, -0.2) is 0 Å². The summed E-state index contributed by atoms with van der Waals surface area (Å²) in [5, 5.41) is 9.27. The molecule has 3 aliphatic rings. The summed E-state index contributed by atoms with van der Waals surface area (Å²) >= 11 is 6.72. The Bertz CT molecular complexity index is 806. The van der Waals surface area contributed by atoms with Crippen molar-refractivity contribution in [1.29, 1.82) is 0 Å². The minimum absolute atomic E-state index is 0.0894. The molecular formula is C22H37ClN6O. The first-order chi connectivity index (χ1) is 14.1. The minimum atomic E-state index is -0.130. The molecule has 1 unspecified atom stereocenters. The topological polar surface area (TPSA) is 56.6 Å². The number of halogens is 1. The van der Waals surface area contributed by atoms with Crippen LogP contribution in [0.1, 0.15) is 56.7 Å². The predicted octanol–water partition coefficient (Wildman–Crippen LogP) is 2.29. The van der Waals surface area contributed by atoms with Crippen LogP contribution in [0, 0.1) is 5.92 Å². The highest BCUT2D eigenvalue weighted by molar-refractivity contribution is 6.34. The number of hydrogen-bond donors (Lipinski definition) is 1. The van der Waals surface area contributed by atoms with Crippen LogP contribution in [0.2, 0.25) is 5.02 Å². The zero-order valence-electron chi connectivity index (χ0n) is 19.3. The second-order valence-electron chi connectivity index (χ2n) is 10.3. The second kappa shape index (κ2) is 8.08. The molecule has 1 aromatic rings. The first-order valence-electron chi connectivity index (χ1n) is 11.3. The first-order valence-corrected chi connectivity index (χ1v) is 11.7. The maximum atomic E-state index is 12.6. The third-order valence-electron chi connectivity index (χ3n) is 7.42. The summed E-state index contributed by atoms with van der Waals surface area (Å²) in [6, 6.07) is 1.53. The molecule has 3 aliphatic heterocycles. The number of nitrogens with one attached hydrogen (secondary N) is 1. The average Bonchev–Trinajstić information content (AvgIpc) is 3.06. The smallest absolute Gasteiger partial charge is 0.275 e. The van der Waals surface area contributed by atoms with Gasteiger partial charge in [0, 0.05) is 76.4 Å². The Balaban J connectivity index is 1.71. The number of aromatic nitrogens is 2. The Kier molecular flexibility index (Phi) is 5.94. The average molecular weight is 437 g/mol. The van der Waals surface area contributed by atoms with Crippen LogP contribution in [0.4, 0.5) is 0 Å². The molecule has 168 valence electrons. The van der Waals surface area contributed by atoms with E-state index >= 15 is 0 Å². The lowest BCUT2D eigenvalue weighted by Gasteiger charge is -2.48. The van der Waals surface area contributed by atoms with Crippen LogP contribution >= 0.6 is 11.6 Å². The molecule has 8 heteroatoms. The third kappa shape index (κ3) is 3.78. The van der Waals surface area contributed by atoms with Crippen molar-refractivity contribution in [2.24, 2.45) is 5.92 Å². The molecule has 0 saturated carbocycles. The molecule has 0 radical (unpaired) electrons. The van der Waals surface area contributed by atoms with E-state index in [0.717, 1.165) is 38.4 Å². The van der Waals surface area contributed by atoms with E-state index in [-0.39, 0.29) is 11.4 Å². The maximum absolute atomic E-state index is 12.6. The molecule has 0 aliphatic carbocycles. The molecule has 1 aromatic heterocycles. The fraction of sp³-hybridized carbons (Fsp3) is 0.818. The van der Waals surface area contributed by atoms with Gasteiger partial charge >= 0.3 is 0 Å². The number of fused-ring (bicyclic) bond motifs is 3. The molecule has 2 bridgehead atoms. The Morgan fingerprint density at radius 1 is 1.17 bits per heavy atom. The SMILES string of the molecule is CC(C)N1Cc2c(Cl)c(C(=O)N(C)C)nn2CC([C@@]23CC[C@@H](CN(C(C)C)C2)N3)C1. The summed E-state index contributed by atoms with van der Waals surface area (Å²) in [5.74, 6) is 0.278. The van der Waals surface area contributed by atoms with Crippen LogP contribution in [-0.2, 0) is 13.1 Å². The number of likely N-dealkylation sites (tertiary alicyclic amines) is 1. The Morgan fingerprint density at radius 2 is 1.87 bits per heavy atom. The van der Waals surface area contributed by atoms with Gasteiger partial charge in [-0.15, -0.1) is 0 Å². The first kappa shape index (κ1) is 22.1. The zero-order chi connectivity index (χ0) is 21.8. The van der Waals surface area contributed by atoms with Crippen LogP contribution in [0.15, 0.2) is 0 Å². The lowest BCUT2D eigenvalue weighted by Crippen LogP contribution is -2.65. The van der Waals surface area contributed by atoms with Crippen molar-refractivity contribution >= 4 is 17.5 Å². The number of carbonyl (C=O) groups is 1. The molecule has 4 heterocycles. The van der Waals surface area contributed by atoms with E-state index in [2.05, 4.69) is 42.8 Å². The van der Waals surface area contributed by atoms with Gasteiger partial charge in [-0.3, -0.25) is 19.3 Å². The summed E-state index contributed by atoms with van der Waals surface area (Å²) in [4.78, 5) is 19.3. The fourth-order valence-electron chi connectivity index (χ4n) is 5.47. The van der Waals surface area contributed by atoms with Gasteiger partial charge in [-0.05, 0) is 40.5 Å². The largest absolute Gasteiger partial charge is 0.343 e. The zero-order valence-corrected chi connectivity index (χ0v) is 20.0. The Morgan fingerprint density at radius 3 is 2.50 bits per heavy atom. The lowest BCUT2D eigenvalue weighted by atomic mass is 9.81. The molecule has 0 aromatic carbocycles. The molecule has 1 amide bonds. The Hall–Kier alpha value is -1.15. The van der Waals surface area contributed by atoms with Crippen molar-refractivity contribution in [2.45, 2.75) is 77.3 Å². The summed E-state index contributed by atoms with van der Waals surface area (Å²) in [6.07, 6.45) is 2.43. The van der Waals surface area contributed by atoms with E-state index in [1.54, 1.807) is 19.0 Å². The number of nitrogens with zero attached hydrogens (tertiary/aromatic N) is 5.